The van der Waals surface area contributed by atoms with E-state index in [1.807, 2.05) is 25.1 Å². The van der Waals surface area contributed by atoms with E-state index >= 15 is 0 Å². The molecular weight excluding hydrogens is 186 g/mol. The highest BCUT2D eigenvalue weighted by Gasteiger charge is 2.05. The molecule has 0 aromatic heterocycles. The molecular formula is C13H21NO. The summed E-state index contributed by atoms with van der Waals surface area (Å²) in [6, 6.07) is 6.38. The summed E-state index contributed by atoms with van der Waals surface area (Å²) in [6.07, 6.45) is 2.36. The highest BCUT2D eigenvalue weighted by Crippen LogP contribution is 2.21. The maximum atomic E-state index is 9.80. The molecule has 0 aliphatic carbocycles. The molecule has 2 heteroatoms. The largest absolute Gasteiger partial charge is 0.507 e. The predicted octanol–water partition coefficient (Wildman–Crippen LogP) is 2.98. The summed E-state index contributed by atoms with van der Waals surface area (Å²) in [7, 11) is 0. The highest BCUT2D eigenvalue weighted by atomic mass is 16.3. The lowest BCUT2D eigenvalue weighted by atomic mass is 10.1. The number of aromatic hydroxyl groups is 1. The van der Waals surface area contributed by atoms with E-state index in [0.717, 1.165) is 17.7 Å². The maximum Gasteiger partial charge on any atom is 0.122 e. The number of hydrogen-bond donors (Lipinski definition) is 2. The van der Waals surface area contributed by atoms with Gasteiger partial charge in [0.15, 0.2) is 0 Å². The van der Waals surface area contributed by atoms with Crippen molar-refractivity contribution in [3.8, 4) is 5.75 Å². The molecule has 0 spiro atoms. The van der Waals surface area contributed by atoms with E-state index in [-0.39, 0.29) is 0 Å². The van der Waals surface area contributed by atoms with Gasteiger partial charge in [0.2, 0.25) is 0 Å². The third-order valence-corrected chi connectivity index (χ3v) is 2.68. The average molecular weight is 207 g/mol. The van der Waals surface area contributed by atoms with Gasteiger partial charge in [-0.1, -0.05) is 31.5 Å². The van der Waals surface area contributed by atoms with Crippen molar-refractivity contribution in [2.75, 3.05) is 0 Å². The smallest absolute Gasteiger partial charge is 0.122 e. The third kappa shape index (κ3) is 3.56. The van der Waals surface area contributed by atoms with E-state index in [2.05, 4.69) is 19.2 Å². The number of benzene rings is 1. The quantitative estimate of drug-likeness (QED) is 0.778. The minimum atomic E-state index is 0.425. The molecule has 0 saturated carbocycles. The van der Waals surface area contributed by atoms with Gasteiger partial charge in [0, 0.05) is 18.2 Å². The summed E-state index contributed by atoms with van der Waals surface area (Å²) in [4.78, 5) is 0. The fraction of sp³-hybridized carbons (Fsp3) is 0.538. The van der Waals surface area contributed by atoms with Crippen LogP contribution in [-0.2, 0) is 6.54 Å². The van der Waals surface area contributed by atoms with E-state index in [0.29, 0.717) is 11.8 Å². The molecule has 0 amide bonds. The van der Waals surface area contributed by atoms with Crippen LogP contribution in [0.15, 0.2) is 18.2 Å². The van der Waals surface area contributed by atoms with Crippen LogP contribution in [0.5, 0.6) is 5.75 Å². The molecule has 0 saturated heterocycles. The van der Waals surface area contributed by atoms with Gasteiger partial charge < -0.3 is 10.4 Å². The fourth-order valence-electron chi connectivity index (χ4n) is 1.68. The second kappa shape index (κ2) is 5.76. The van der Waals surface area contributed by atoms with Gasteiger partial charge in [-0.05, 0) is 25.8 Å². The zero-order chi connectivity index (χ0) is 11.3. The van der Waals surface area contributed by atoms with E-state index in [9.17, 15) is 5.11 Å². The van der Waals surface area contributed by atoms with Crippen molar-refractivity contribution in [2.45, 2.75) is 46.2 Å². The Kier molecular flexibility index (Phi) is 4.63. The first-order valence-corrected chi connectivity index (χ1v) is 5.66. The summed E-state index contributed by atoms with van der Waals surface area (Å²) in [5.41, 5.74) is 1.93. The molecule has 0 aliphatic rings. The van der Waals surface area contributed by atoms with Gasteiger partial charge in [-0.3, -0.25) is 0 Å². The van der Waals surface area contributed by atoms with Crippen molar-refractivity contribution in [1.82, 2.24) is 5.32 Å². The standard InChI is InChI=1S/C13H21NO/c1-4-6-11(3)14-9-12-8-5-7-10(2)13(12)15/h5,7-8,11,14-15H,4,6,9H2,1-3H3. The van der Waals surface area contributed by atoms with Crippen molar-refractivity contribution in [3.05, 3.63) is 29.3 Å². The van der Waals surface area contributed by atoms with Crippen LogP contribution in [0.25, 0.3) is 0 Å². The first-order valence-electron chi connectivity index (χ1n) is 5.66. The lowest BCUT2D eigenvalue weighted by molar-refractivity contribution is 0.451. The van der Waals surface area contributed by atoms with Crippen molar-refractivity contribution in [2.24, 2.45) is 0 Å². The van der Waals surface area contributed by atoms with Crippen molar-refractivity contribution in [1.29, 1.82) is 0 Å². The van der Waals surface area contributed by atoms with Crippen LogP contribution in [0.1, 0.15) is 37.8 Å². The molecule has 0 heterocycles. The molecule has 1 aromatic rings. The van der Waals surface area contributed by atoms with Crippen LogP contribution in [0.3, 0.4) is 0 Å². The van der Waals surface area contributed by atoms with Crippen molar-refractivity contribution < 1.29 is 5.11 Å². The van der Waals surface area contributed by atoms with Gasteiger partial charge in [0.1, 0.15) is 5.75 Å². The summed E-state index contributed by atoms with van der Waals surface area (Å²) in [6.45, 7) is 7.03. The monoisotopic (exact) mass is 207 g/mol. The van der Waals surface area contributed by atoms with Crippen molar-refractivity contribution >= 4 is 0 Å². The van der Waals surface area contributed by atoms with Crippen LogP contribution in [0, 0.1) is 6.92 Å². The number of hydrogen-bond acceptors (Lipinski definition) is 2. The number of nitrogens with one attached hydrogen (secondary N) is 1. The van der Waals surface area contributed by atoms with E-state index < -0.39 is 0 Å². The topological polar surface area (TPSA) is 32.3 Å². The van der Waals surface area contributed by atoms with E-state index in [1.165, 1.54) is 12.8 Å². The zero-order valence-electron chi connectivity index (χ0n) is 9.88. The van der Waals surface area contributed by atoms with Crippen LogP contribution in [0.2, 0.25) is 0 Å². The van der Waals surface area contributed by atoms with Gasteiger partial charge in [-0.2, -0.15) is 0 Å². The molecule has 15 heavy (non-hydrogen) atoms. The second-order valence-electron chi connectivity index (χ2n) is 4.15. The van der Waals surface area contributed by atoms with Crippen LogP contribution < -0.4 is 5.32 Å². The lowest BCUT2D eigenvalue weighted by Crippen LogP contribution is -2.25. The summed E-state index contributed by atoms with van der Waals surface area (Å²) < 4.78 is 0. The lowest BCUT2D eigenvalue weighted by Gasteiger charge is -2.14. The Morgan fingerprint density at radius 1 is 1.40 bits per heavy atom. The molecule has 1 rings (SSSR count). The fourth-order valence-corrected chi connectivity index (χ4v) is 1.68. The highest BCUT2D eigenvalue weighted by molar-refractivity contribution is 5.39. The molecule has 1 unspecified atom stereocenters. The Morgan fingerprint density at radius 2 is 2.13 bits per heavy atom. The molecule has 0 fully saturated rings. The molecule has 0 aliphatic heterocycles. The number of phenols is 1. The average Bonchev–Trinajstić information content (AvgIpc) is 2.21. The SMILES string of the molecule is CCCC(C)NCc1cccc(C)c1O. The molecule has 1 aromatic carbocycles. The molecule has 2 N–H and O–H groups in total. The molecule has 0 radical (unpaired) electrons. The third-order valence-electron chi connectivity index (χ3n) is 2.68. The van der Waals surface area contributed by atoms with Gasteiger partial charge in [-0.15, -0.1) is 0 Å². The number of aryl methyl sites for hydroxylation is 1. The first kappa shape index (κ1) is 12.1. The van der Waals surface area contributed by atoms with Gasteiger partial charge in [0.25, 0.3) is 0 Å². The molecule has 84 valence electrons. The first-order chi connectivity index (χ1) is 7.15. The Morgan fingerprint density at radius 3 is 2.80 bits per heavy atom. The Hall–Kier alpha value is -1.02. The summed E-state index contributed by atoms with van der Waals surface area (Å²) in [5.74, 6) is 0.425. The maximum absolute atomic E-state index is 9.80. The Labute approximate surface area is 92.3 Å². The number of para-hydroxylation sites is 1. The van der Waals surface area contributed by atoms with E-state index in [1.54, 1.807) is 0 Å². The van der Waals surface area contributed by atoms with Gasteiger partial charge in [-0.25, -0.2) is 0 Å². The van der Waals surface area contributed by atoms with E-state index in [4.69, 9.17) is 0 Å². The summed E-state index contributed by atoms with van der Waals surface area (Å²) in [5, 5.41) is 13.2. The molecule has 0 bridgehead atoms. The number of phenolic OH excluding ortho intramolecular Hbond substituents is 1. The minimum Gasteiger partial charge on any atom is -0.507 e. The van der Waals surface area contributed by atoms with Crippen LogP contribution >= 0.6 is 0 Å². The van der Waals surface area contributed by atoms with Crippen LogP contribution in [-0.4, -0.2) is 11.1 Å². The number of rotatable bonds is 5. The van der Waals surface area contributed by atoms with Gasteiger partial charge in [0.05, 0.1) is 0 Å². The second-order valence-corrected chi connectivity index (χ2v) is 4.15. The minimum absolute atomic E-state index is 0.425. The normalized spacial score (nSPS) is 12.7. The zero-order valence-corrected chi connectivity index (χ0v) is 9.88. The molecule has 1 atom stereocenters. The molecule has 2 nitrogen and oxygen atoms in total. The van der Waals surface area contributed by atoms with Crippen molar-refractivity contribution in [3.63, 3.8) is 0 Å². The van der Waals surface area contributed by atoms with Crippen LogP contribution in [0.4, 0.5) is 0 Å². The Balaban J connectivity index is 2.54. The Bertz CT molecular complexity index is 309. The van der Waals surface area contributed by atoms with Gasteiger partial charge >= 0.3 is 0 Å². The summed E-state index contributed by atoms with van der Waals surface area (Å²) >= 11 is 0. The predicted molar refractivity (Wildman–Crippen MR) is 64.1 cm³/mol.